The van der Waals surface area contributed by atoms with Crippen molar-refractivity contribution in [1.29, 1.82) is 0 Å². The van der Waals surface area contributed by atoms with Crippen LogP contribution in [0.1, 0.15) is 39.0 Å². The number of anilines is 1. The summed E-state index contributed by atoms with van der Waals surface area (Å²) in [5, 5.41) is 17.7. The normalized spacial score (nSPS) is 11.4. The lowest BCUT2D eigenvalue weighted by molar-refractivity contribution is 0.305. The van der Waals surface area contributed by atoms with E-state index in [-0.39, 0.29) is 0 Å². The number of rotatable bonds is 12. The molecule has 0 N–H and O–H groups in total. The maximum Gasteiger partial charge on any atom is 0.138 e. The number of azo groups is 2. The minimum absolute atomic E-state index is 0.541. The Kier molecular flexibility index (Phi) is 10.0. The van der Waals surface area contributed by atoms with E-state index in [0.29, 0.717) is 23.1 Å². The molecular weight excluding hydrogens is 446 g/mol. The molecule has 3 rings (SSSR count). The maximum absolute atomic E-state index is 6.35. The fourth-order valence-electron chi connectivity index (χ4n) is 3.19. The fraction of sp³-hybridized carbons (Fsp3) is 0.333. The molecule has 6 nitrogen and oxygen atoms in total. The molecular formula is C27H32ClN5O. The SMILES string of the molecule is CCCCCCCOc1ccc(/N=N/c2ccc(/N=N/c3ccc(N(C)C)cc3)cc2)cc1Cl. The van der Waals surface area contributed by atoms with Gasteiger partial charge in [-0.3, -0.25) is 0 Å². The van der Waals surface area contributed by atoms with Gasteiger partial charge in [-0.15, -0.1) is 0 Å². The third-order valence-corrected chi connectivity index (χ3v) is 5.49. The van der Waals surface area contributed by atoms with Gasteiger partial charge in [0.05, 0.1) is 34.4 Å². The first-order valence-corrected chi connectivity index (χ1v) is 12.1. The molecule has 0 atom stereocenters. The van der Waals surface area contributed by atoms with Crippen LogP contribution in [0.2, 0.25) is 5.02 Å². The van der Waals surface area contributed by atoms with Gasteiger partial charge in [-0.05, 0) is 73.2 Å². The Hall–Kier alpha value is -3.25. The zero-order valence-corrected chi connectivity index (χ0v) is 20.9. The summed E-state index contributed by atoms with van der Waals surface area (Å²) in [7, 11) is 4.01. The third-order valence-electron chi connectivity index (χ3n) is 5.20. The highest BCUT2D eigenvalue weighted by Crippen LogP contribution is 2.30. The number of hydrogen-bond donors (Lipinski definition) is 0. The van der Waals surface area contributed by atoms with Crippen molar-refractivity contribution >= 4 is 40.0 Å². The second-order valence-electron chi connectivity index (χ2n) is 8.20. The zero-order valence-electron chi connectivity index (χ0n) is 20.1. The molecule has 0 aliphatic rings. The standard InChI is InChI=1S/C27H32ClN5O/c1-4-5-6-7-8-19-34-27-18-15-24(20-26(27)28)32-31-22-11-9-21(10-12-22)29-30-23-13-16-25(17-14-23)33(2)3/h9-18,20H,4-8,19H2,1-3H3/b30-29+,32-31+. The van der Waals surface area contributed by atoms with E-state index in [1.54, 1.807) is 6.07 Å². The van der Waals surface area contributed by atoms with Crippen LogP contribution in [0.5, 0.6) is 5.75 Å². The number of hydrogen-bond acceptors (Lipinski definition) is 6. The largest absolute Gasteiger partial charge is 0.492 e. The van der Waals surface area contributed by atoms with Crippen LogP contribution >= 0.6 is 11.6 Å². The molecule has 3 aromatic rings. The smallest absolute Gasteiger partial charge is 0.138 e. The molecule has 0 fully saturated rings. The van der Waals surface area contributed by atoms with Crippen molar-refractivity contribution in [3.05, 3.63) is 71.8 Å². The predicted molar refractivity (Wildman–Crippen MR) is 141 cm³/mol. The van der Waals surface area contributed by atoms with E-state index < -0.39 is 0 Å². The first-order chi connectivity index (χ1) is 16.5. The van der Waals surface area contributed by atoms with E-state index in [1.807, 2.05) is 79.7 Å². The van der Waals surface area contributed by atoms with E-state index in [4.69, 9.17) is 16.3 Å². The highest BCUT2D eigenvalue weighted by Gasteiger charge is 2.03. The van der Waals surface area contributed by atoms with Gasteiger partial charge in [-0.2, -0.15) is 20.5 Å². The van der Waals surface area contributed by atoms with Crippen LogP contribution in [0.4, 0.5) is 28.4 Å². The molecule has 0 unspecified atom stereocenters. The zero-order chi connectivity index (χ0) is 24.2. The van der Waals surface area contributed by atoms with E-state index in [0.717, 1.165) is 29.2 Å². The van der Waals surface area contributed by atoms with Crippen molar-refractivity contribution in [3.8, 4) is 5.75 Å². The molecule has 0 aromatic heterocycles. The van der Waals surface area contributed by atoms with Crippen LogP contribution in [0.3, 0.4) is 0 Å². The topological polar surface area (TPSA) is 61.9 Å². The van der Waals surface area contributed by atoms with Gasteiger partial charge in [0.25, 0.3) is 0 Å². The molecule has 0 aliphatic carbocycles. The molecule has 0 radical (unpaired) electrons. The second-order valence-corrected chi connectivity index (χ2v) is 8.61. The molecule has 0 bridgehead atoms. The summed E-state index contributed by atoms with van der Waals surface area (Å²) in [6.07, 6.45) is 5.99. The molecule has 0 amide bonds. The Morgan fingerprint density at radius 2 is 1.18 bits per heavy atom. The number of unbranched alkanes of at least 4 members (excludes halogenated alkanes) is 4. The van der Waals surface area contributed by atoms with Gasteiger partial charge < -0.3 is 9.64 Å². The van der Waals surface area contributed by atoms with Crippen LogP contribution in [-0.4, -0.2) is 20.7 Å². The molecule has 3 aromatic carbocycles. The highest BCUT2D eigenvalue weighted by molar-refractivity contribution is 6.32. The Bertz CT molecular complexity index is 1080. The van der Waals surface area contributed by atoms with Crippen molar-refractivity contribution in [3.63, 3.8) is 0 Å². The van der Waals surface area contributed by atoms with Crippen molar-refractivity contribution < 1.29 is 4.74 Å². The minimum Gasteiger partial charge on any atom is -0.492 e. The summed E-state index contributed by atoms with van der Waals surface area (Å²) in [6.45, 7) is 2.89. The first-order valence-electron chi connectivity index (χ1n) is 11.7. The number of ether oxygens (including phenoxy) is 1. The Morgan fingerprint density at radius 1 is 0.676 bits per heavy atom. The van der Waals surface area contributed by atoms with Gasteiger partial charge >= 0.3 is 0 Å². The molecule has 7 heteroatoms. The maximum atomic E-state index is 6.35. The second kappa shape index (κ2) is 13.5. The molecule has 0 saturated heterocycles. The van der Waals surface area contributed by atoms with Gasteiger partial charge in [-0.1, -0.05) is 44.2 Å². The summed E-state index contributed by atoms with van der Waals surface area (Å²) >= 11 is 6.35. The summed E-state index contributed by atoms with van der Waals surface area (Å²) in [5.41, 5.74) is 4.06. The number of nitrogens with zero attached hydrogens (tertiary/aromatic N) is 5. The number of halogens is 1. The lowest BCUT2D eigenvalue weighted by Crippen LogP contribution is -2.07. The lowest BCUT2D eigenvalue weighted by Gasteiger charge is -2.11. The average molecular weight is 478 g/mol. The van der Waals surface area contributed by atoms with Crippen molar-refractivity contribution in [2.24, 2.45) is 20.5 Å². The molecule has 0 heterocycles. The van der Waals surface area contributed by atoms with Crippen molar-refractivity contribution in [2.75, 3.05) is 25.6 Å². The van der Waals surface area contributed by atoms with Gasteiger partial charge in [0, 0.05) is 19.8 Å². The molecule has 0 aliphatic heterocycles. The van der Waals surface area contributed by atoms with Crippen molar-refractivity contribution in [1.82, 2.24) is 0 Å². The Morgan fingerprint density at radius 3 is 1.71 bits per heavy atom. The van der Waals surface area contributed by atoms with Gasteiger partial charge in [0.1, 0.15) is 5.75 Å². The molecule has 34 heavy (non-hydrogen) atoms. The van der Waals surface area contributed by atoms with Crippen LogP contribution in [-0.2, 0) is 0 Å². The van der Waals surface area contributed by atoms with Gasteiger partial charge in [-0.25, -0.2) is 0 Å². The van der Waals surface area contributed by atoms with Crippen LogP contribution in [0.25, 0.3) is 0 Å². The quantitative estimate of drug-likeness (QED) is 0.192. The van der Waals surface area contributed by atoms with Crippen LogP contribution in [0.15, 0.2) is 87.2 Å². The first kappa shape index (κ1) is 25.4. The lowest BCUT2D eigenvalue weighted by atomic mass is 10.2. The van der Waals surface area contributed by atoms with E-state index in [1.165, 1.54) is 25.7 Å². The fourth-order valence-corrected chi connectivity index (χ4v) is 3.42. The molecule has 178 valence electrons. The summed E-state index contributed by atoms with van der Waals surface area (Å²) in [6, 6.07) is 20.8. The van der Waals surface area contributed by atoms with E-state index in [2.05, 4.69) is 27.4 Å². The Balaban J connectivity index is 1.52. The molecule has 0 saturated carbocycles. The van der Waals surface area contributed by atoms with Crippen LogP contribution in [0, 0.1) is 0 Å². The predicted octanol–water partition coefficient (Wildman–Crippen LogP) is 9.59. The summed E-state index contributed by atoms with van der Waals surface area (Å²) < 4.78 is 5.79. The summed E-state index contributed by atoms with van der Waals surface area (Å²) in [5.74, 6) is 0.683. The Labute approximate surface area is 207 Å². The number of benzene rings is 3. The third kappa shape index (κ3) is 8.27. The monoisotopic (exact) mass is 477 g/mol. The van der Waals surface area contributed by atoms with Crippen molar-refractivity contribution in [2.45, 2.75) is 39.0 Å². The average Bonchev–Trinajstić information content (AvgIpc) is 2.85. The van der Waals surface area contributed by atoms with E-state index in [9.17, 15) is 0 Å². The highest BCUT2D eigenvalue weighted by atomic mass is 35.5. The van der Waals surface area contributed by atoms with Gasteiger partial charge in [0.15, 0.2) is 0 Å². The van der Waals surface area contributed by atoms with Crippen LogP contribution < -0.4 is 9.64 Å². The minimum atomic E-state index is 0.541. The van der Waals surface area contributed by atoms with E-state index >= 15 is 0 Å². The van der Waals surface area contributed by atoms with Gasteiger partial charge in [0.2, 0.25) is 0 Å². The molecule has 0 spiro atoms. The summed E-state index contributed by atoms with van der Waals surface area (Å²) in [4.78, 5) is 2.04.